The zero-order valence-corrected chi connectivity index (χ0v) is 9.68. The topological polar surface area (TPSA) is 106 Å². The second kappa shape index (κ2) is 5.04. The lowest BCUT2D eigenvalue weighted by molar-refractivity contribution is -0.385. The lowest BCUT2D eigenvalue weighted by Crippen LogP contribution is -2.32. The summed E-state index contributed by atoms with van der Waals surface area (Å²) in [5.41, 5.74) is 5.76. The molecule has 0 heterocycles. The van der Waals surface area contributed by atoms with Gasteiger partial charge in [0.1, 0.15) is 6.04 Å². The SMILES string of the molecule is NC(Cc1cccc([N+](=O)[O-])c1Br)C(=O)O. The quantitative estimate of drug-likeness (QED) is 0.642. The number of nitrogens with zero attached hydrogens (tertiary/aromatic N) is 1. The van der Waals surface area contributed by atoms with Crippen LogP contribution in [0.4, 0.5) is 5.69 Å². The van der Waals surface area contributed by atoms with Crippen molar-refractivity contribution in [1.29, 1.82) is 0 Å². The van der Waals surface area contributed by atoms with E-state index in [0.29, 0.717) is 5.56 Å². The van der Waals surface area contributed by atoms with Crippen LogP contribution < -0.4 is 5.73 Å². The van der Waals surface area contributed by atoms with Crippen LogP contribution in [0, 0.1) is 10.1 Å². The minimum Gasteiger partial charge on any atom is -0.480 e. The first-order chi connectivity index (χ1) is 7.43. The predicted octanol–water partition coefficient (Wildman–Crippen LogP) is 1.31. The van der Waals surface area contributed by atoms with E-state index >= 15 is 0 Å². The van der Waals surface area contributed by atoms with Gasteiger partial charge in [0.2, 0.25) is 0 Å². The number of hydrogen-bond acceptors (Lipinski definition) is 4. The molecule has 86 valence electrons. The molecule has 0 fully saturated rings. The first-order valence-corrected chi connectivity index (χ1v) is 5.13. The average molecular weight is 289 g/mol. The average Bonchev–Trinajstić information content (AvgIpc) is 2.20. The maximum absolute atomic E-state index is 10.6. The Labute approximate surface area is 99.3 Å². The minimum atomic E-state index is -1.14. The molecule has 0 aliphatic carbocycles. The second-order valence-corrected chi connectivity index (χ2v) is 3.95. The molecule has 0 aromatic heterocycles. The standard InChI is InChI=1S/C9H9BrN2O4/c10-8-5(4-6(11)9(13)14)2-1-3-7(8)12(15)16/h1-3,6H,4,11H2,(H,13,14). The summed E-state index contributed by atoms with van der Waals surface area (Å²) in [6, 6.07) is 3.35. The minimum absolute atomic E-state index is 0.0393. The third-order valence-corrected chi connectivity index (χ3v) is 2.93. The van der Waals surface area contributed by atoms with Crippen LogP contribution in [-0.2, 0) is 11.2 Å². The van der Waals surface area contributed by atoms with Gasteiger partial charge in [-0.1, -0.05) is 12.1 Å². The van der Waals surface area contributed by atoms with Gasteiger partial charge in [0.15, 0.2) is 0 Å². The summed E-state index contributed by atoms with van der Waals surface area (Å²) in [4.78, 5) is 20.6. The summed E-state index contributed by atoms with van der Waals surface area (Å²) >= 11 is 3.07. The number of nitro groups is 1. The van der Waals surface area contributed by atoms with Crippen molar-refractivity contribution in [3.63, 3.8) is 0 Å². The van der Waals surface area contributed by atoms with Gasteiger partial charge in [0.05, 0.1) is 9.40 Å². The molecule has 0 bridgehead atoms. The molecule has 7 heteroatoms. The molecular formula is C9H9BrN2O4. The highest BCUT2D eigenvalue weighted by molar-refractivity contribution is 9.10. The summed E-state index contributed by atoms with van der Waals surface area (Å²) in [6.07, 6.45) is 0.0393. The van der Waals surface area contributed by atoms with Crippen LogP contribution in [0.5, 0.6) is 0 Å². The lowest BCUT2D eigenvalue weighted by atomic mass is 10.1. The molecule has 0 saturated carbocycles. The number of carboxylic acids is 1. The molecule has 6 nitrogen and oxygen atoms in total. The lowest BCUT2D eigenvalue weighted by Gasteiger charge is -2.08. The molecule has 1 atom stereocenters. The van der Waals surface area contributed by atoms with Crippen molar-refractivity contribution in [2.45, 2.75) is 12.5 Å². The molecule has 1 aromatic rings. The first-order valence-electron chi connectivity index (χ1n) is 4.33. The van der Waals surface area contributed by atoms with Crippen LogP contribution in [0.3, 0.4) is 0 Å². The molecular weight excluding hydrogens is 280 g/mol. The summed E-state index contributed by atoms with van der Waals surface area (Å²) in [7, 11) is 0. The van der Waals surface area contributed by atoms with E-state index in [1.54, 1.807) is 6.07 Å². The van der Waals surface area contributed by atoms with Gasteiger partial charge < -0.3 is 10.8 Å². The smallest absolute Gasteiger partial charge is 0.320 e. The van der Waals surface area contributed by atoms with Crippen molar-refractivity contribution in [1.82, 2.24) is 0 Å². The van der Waals surface area contributed by atoms with Crippen molar-refractivity contribution in [2.24, 2.45) is 5.73 Å². The fourth-order valence-corrected chi connectivity index (χ4v) is 1.76. The highest BCUT2D eigenvalue weighted by atomic mass is 79.9. The van der Waals surface area contributed by atoms with Crippen LogP contribution in [0.15, 0.2) is 22.7 Å². The monoisotopic (exact) mass is 288 g/mol. The summed E-state index contributed by atoms with van der Waals surface area (Å²) in [5, 5.41) is 19.3. The normalized spacial score (nSPS) is 12.1. The Balaban J connectivity index is 3.02. The van der Waals surface area contributed by atoms with Crippen LogP contribution in [0.25, 0.3) is 0 Å². The molecule has 0 aliphatic heterocycles. The Morgan fingerprint density at radius 2 is 2.25 bits per heavy atom. The maximum Gasteiger partial charge on any atom is 0.320 e. The number of carbonyl (C=O) groups is 1. The first kappa shape index (κ1) is 12.6. The molecule has 0 radical (unpaired) electrons. The van der Waals surface area contributed by atoms with E-state index in [1.807, 2.05) is 0 Å². The Morgan fingerprint density at radius 1 is 1.62 bits per heavy atom. The van der Waals surface area contributed by atoms with Gasteiger partial charge >= 0.3 is 5.97 Å². The number of nitro benzene ring substituents is 1. The summed E-state index contributed by atoms with van der Waals surface area (Å²) < 4.78 is 0.275. The van der Waals surface area contributed by atoms with Gasteiger partial charge in [-0.25, -0.2) is 0 Å². The fraction of sp³-hybridized carbons (Fsp3) is 0.222. The number of nitrogens with two attached hydrogens (primary N) is 1. The number of carboxylic acid groups (broad SMARTS) is 1. The maximum atomic E-state index is 10.6. The zero-order valence-electron chi connectivity index (χ0n) is 8.09. The molecule has 1 aromatic carbocycles. The van der Waals surface area contributed by atoms with Gasteiger partial charge in [-0.05, 0) is 27.9 Å². The number of halogens is 1. The zero-order chi connectivity index (χ0) is 12.3. The van der Waals surface area contributed by atoms with Crippen molar-refractivity contribution in [3.8, 4) is 0 Å². The van der Waals surface area contributed by atoms with Gasteiger partial charge in [0, 0.05) is 6.07 Å². The molecule has 0 spiro atoms. The molecule has 0 aliphatic rings. The molecule has 1 rings (SSSR count). The van der Waals surface area contributed by atoms with E-state index in [-0.39, 0.29) is 16.6 Å². The van der Waals surface area contributed by atoms with Crippen LogP contribution in [-0.4, -0.2) is 22.0 Å². The van der Waals surface area contributed by atoms with E-state index < -0.39 is 16.9 Å². The Hall–Kier alpha value is -1.47. The third-order valence-electron chi connectivity index (χ3n) is 2.01. The number of aliphatic carboxylic acids is 1. The number of benzene rings is 1. The van der Waals surface area contributed by atoms with Gasteiger partial charge in [-0.15, -0.1) is 0 Å². The predicted molar refractivity (Wildman–Crippen MR) is 60.1 cm³/mol. The van der Waals surface area contributed by atoms with Gasteiger partial charge in [-0.3, -0.25) is 14.9 Å². The largest absolute Gasteiger partial charge is 0.480 e. The Bertz CT molecular complexity index is 436. The van der Waals surface area contributed by atoms with Gasteiger partial charge in [-0.2, -0.15) is 0 Å². The Morgan fingerprint density at radius 3 is 2.75 bits per heavy atom. The second-order valence-electron chi connectivity index (χ2n) is 3.16. The summed E-state index contributed by atoms with van der Waals surface area (Å²) in [5.74, 6) is -1.14. The highest BCUT2D eigenvalue weighted by Crippen LogP contribution is 2.28. The van der Waals surface area contributed by atoms with E-state index in [4.69, 9.17) is 10.8 Å². The highest BCUT2D eigenvalue weighted by Gasteiger charge is 2.19. The molecule has 16 heavy (non-hydrogen) atoms. The van der Waals surface area contributed by atoms with Crippen molar-refractivity contribution in [2.75, 3.05) is 0 Å². The van der Waals surface area contributed by atoms with Crippen molar-refractivity contribution >= 4 is 27.6 Å². The third kappa shape index (κ3) is 2.77. The van der Waals surface area contributed by atoms with Crippen molar-refractivity contribution in [3.05, 3.63) is 38.3 Å². The van der Waals surface area contributed by atoms with Gasteiger partial charge in [0.25, 0.3) is 5.69 Å². The van der Waals surface area contributed by atoms with Crippen LogP contribution in [0.1, 0.15) is 5.56 Å². The van der Waals surface area contributed by atoms with Crippen LogP contribution >= 0.6 is 15.9 Å². The van der Waals surface area contributed by atoms with E-state index in [9.17, 15) is 14.9 Å². The molecule has 3 N–H and O–H groups in total. The van der Waals surface area contributed by atoms with E-state index in [1.165, 1.54) is 12.1 Å². The fourth-order valence-electron chi connectivity index (χ4n) is 1.19. The number of rotatable bonds is 4. The van der Waals surface area contributed by atoms with E-state index in [2.05, 4.69) is 15.9 Å². The van der Waals surface area contributed by atoms with Crippen LogP contribution in [0.2, 0.25) is 0 Å². The van der Waals surface area contributed by atoms with E-state index in [0.717, 1.165) is 0 Å². The molecule has 0 amide bonds. The summed E-state index contributed by atoms with van der Waals surface area (Å²) in [6.45, 7) is 0. The Kier molecular flexibility index (Phi) is 3.97. The van der Waals surface area contributed by atoms with Crippen molar-refractivity contribution < 1.29 is 14.8 Å². The molecule has 0 saturated heterocycles. The molecule has 1 unspecified atom stereocenters. The number of hydrogen-bond donors (Lipinski definition) is 2.